The van der Waals surface area contributed by atoms with Crippen molar-refractivity contribution in [3.05, 3.63) is 24.3 Å². The second-order valence-electron chi connectivity index (χ2n) is 3.88. The lowest BCUT2D eigenvalue weighted by molar-refractivity contribution is -0.121. The van der Waals surface area contributed by atoms with Crippen LogP contribution in [0.4, 0.5) is 0 Å². The Bertz CT molecular complexity index is 329. The van der Waals surface area contributed by atoms with Gasteiger partial charge in [-0.25, -0.2) is 0 Å². The summed E-state index contributed by atoms with van der Waals surface area (Å²) >= 11 is 0. The molecule has 0 radical (unpaired) electrons. The molecule has 2 heterocycles. The van der Waals surface area contributed by atoms with Gasteiger partial charge in [0.2, 0.25) is 0 Å². The smallest absolute Gasteiger partial charge is 0.135 e. The number of ketones is 1. The van der Waals surface area contributed by atoms with Crippen LogP contribution in [-0.2, 0) is 4.79 Å². The molecule has 0 N–H and O–H groups in total. The summed E-state index contributed by atoms with van der Waals surface area (Å²) in [5, 5.41) is 0. The van der Waals surface area contributed by atoms with Crippen LogP contribution in [0, 0.1) is 0 Å². The third-order valence-electron chi connectivity index (χ3n) is 2.91. The minimum Gasteiger partial charge on any atom is -0.300 e. The molecule has 1 aliphatic heterocycles. The van der Waals surface area contributed by atoms with E-state index in [-0.39, 0.29) is 6.04 Å². The molecule has 80 valence electrons. The van der Waals surface area contributed by atoms with Gasteiger partial charge in [-0.1, -0.05) is 0 Å². The molecule has 15 heavy (non-hydrogen) atoms. The zero-order chi connectivity index (χ0) is 10.7. The number of likely N-dealkylation sites (tertiary alicyclic amines) is 1. The summed E-state index contributed by atoms with van der Waals surface area (Å²) < 4.78 is 0. The lowest BCUT2D eigenvalue weighted by Crippen LogP contribution is -2.36. The lowest BCUT2D eigenvalue weighted by atomic mass is 10.1. The van der Waals surface area contributed by atoms with E-state index in [0.29, 0.717) is 18.6 Å². The molecule has 0 spiro atoms. The Balaban J connectivity index is 2.02. The van der Waals surface area contributed by atoms with Gasteiger partial charge >= 0.3 is 0 Å². The first-order chi connectivity index (χ1) is 7.27. The summed E-state index contributed by atoms with van der Waals surface area (Å²) in [7, 11) is 0. The number of carbonyl (C=O) groups is 1. The average molecular weight is 205 g/mol. The number of aromatic nitrogens is 2. The van der Waals surface area contributed by atoms with E-state index < -0.39 is 0 Å². The normalized spacial score (nSPS) is 20.2. The third kappa shape index (κ3) is 2.39. The number of rotatable bonds is 2. The quantitative estimate of drug-likeness (QED) is 0.728. The van der Waals surface area contributed by atoms with Gasteiger partial charge in [0.05, 0.1) is 11.7 Å². The fraction of sp³-hybridized carbons (Fsp3) is 0.545. The van der Waals surface area contributed by atoms with Crippen molar-refractivity contribution in [3.63, 3.8) is 0 Å². The number of hydrogen-bond acceptors (Lipinski definition) is 4. The zero-order valence-electron chi connectivity index (χ0n) is 8.89. The van der Waals surface area contributed by atoms with Crippen LogP contribution in [0.5, 0.6) is 0 Å². The number of piperidine rings is 1. The average Bonchev–Trinajstić information content (AvgIpc) is 2.30. The van der Waals surface area contributed by atoms with Crippen molar-refractivity contribution >= 4 is 5.78 Å². The third-order valence-corrected chi connectivity index (χ3v) is 2.91. The van der Waals surface area contributed by atoms with E-state index in [4.69, 9.17) is 0 Å². The number of carbonyl (C=O) groups excluding carboxylic acids is 1. The molecule has 1 unspecified atom stereocenters. The first kappa shape index (κ1) is 10.2. The van der Waals surface area contributed by atoms with Crippen LogP contribution in [0.15, 0.2) is 18.6 Å². The molecule has 2 rings (SSSR count). The number of nitrogens with zero attached hydrogens (tertiary/aromatic N) is 3. The minimum absolute atomic E-state index is 0.256. The summed E-state index contributed by atoms with van der Waals surface area (Å²) in [4.78, 5) is 21.7. The van der Waals surface area contributed by atoms with E-state index in [1.54, 1.807) is 18.6 Å². The van der Waals surface area contributed by atoms with E-state index in [1.807, 2.05) is 0 Å². The molecule has 1 fully saturated rings. The first-order valence-corrected chi connectivity index (χ1v) is 5.29. The van der Waals surface area contributed by atoms with Gasteiger partial charge in [0.25, 0.3) is 0 Å². The molecule has 1 aromatic heterocycles. The van der Waals surface area contributed by atoms with Crippen LogP contribution >= 0.6 is 0 Å². The lowest BCUT2D eigenvalue weighted by Gasteiger charge is -2.31. The van der Waals surface area contributed by atoms with E-state index in [9.17, 15) is 4.79 Å². The highest BCUT2D eigenvalue weighted by Crippen LogP contribution is 2.20. The molecule has 1 aliphatic rings. The van der Waals surface area contributed by atoms with Crippen molar-refractivity contribution in [1.29, 1.82) is 0 Å². The summed E-state index contributed by atoms with van der Waals surface area (Å²) in [5.41, 5.74) is 0.979. The standard InChI is InChI=1S/C11H15N3O/c1-9(11-8-12-4-5-13-11)14-6-2-10(15)3-7-14/h4-5,8-9H,2-3,6-7H2,1H3. The number of Topliss-reactive ketones (excluding diaryl/α,β-unsaturated/α-hetero) is 1. The maximum Gasteiger partial charge on any atom is 0.135 e. The van der Waals surface area contributed by atoms with Gasteiger partial charge in [-0.15, -0.1) is 0 Å². The van der Waals surface area contributed by atoms with Crippen molar-refractivity contribution in [2.75, 3.05) is 13.1 Å². The van der Waals surface area contributed by atoms with Crippen LogP contribution < -0.4 is 0 Å². The summed E-state index contributed by atoms with van der Waals surface area (Å²) in [6.07, 6.45) is 6.52. The fourth-order valence-corrected chi connectivity index (χ4v) is 1.87. The van der Waals surface area contributed by atoms with Crippen molar-refractivity contribution in [2.24, 2.45) is 0 Å². The second kappa shape index (κ2) is 4.49. The van der Waals surface area contributed by atoms with E-state index in [1.165, 1.54) is 0 Å². The van der Waals surface area contributed by atoms with Gasteiger partial charge in [-0.2, -0.15) is 0 Å². The summed E-state index contributed by atoms with van der Waals surface area (Å²) in [5.74, 6) is 0.373. The summed E-state index contributed by atoms with van der Waals surface area (Å²) in [6.45, 7) is 3.80. The maximum atomic E-state index is 11.1. The Morgan fingerprint density at radius 1 is 1.33 bits per heavy atom. The predicted molar refractivity (Wildman–Crippen MR) is 56.3 cm³/mol. The highest BCUT2D eigenvalue weighted by atomic mass is 16.1. The van der Waals surface area contributed by atoms with Gasteiger partial charge in [0.1, 0.15) is 5.78 Å². The Labute approximate surface area is 89.3 Å². The van der Waals surface area contributed by atoms with Crippen LogP contribution in [0.3, 0.4) is 0 Å². The Hall–Kier alpha value is -1.29. The minimum atomic E-state index is 0.256. The van der Waals surface area contributed by atoms with Crippen LogP contribution in [0.25, 0.3) is 0 Å². The van der Waals surface area contributed by atoms with E-state index in [0.717, 1.165) is 18.8 Å². The Kier molecular flexibility index (Phi) is 3.06. The van der Waals surface area contributed by atoms with Crippen LogP contribution in [0.2, 0.25) is 0 Å². The maximum absolute atomic E-state index is 11.1. The number of hydrogen-bond donors (Lipinski definition) is 0. The van der Waals surface area contributed by atoms with Crippen LogP contribution in [0.1, 0.15) is 31.5 Å². The Morgan fingerprint density at radius 2 is 2.07 bits per heavy atom. The monoisotopic (exact) mass is 205 g/mol. The SMILES string of the molecule is CC(c1cnccn1)N1CCC(=O)CC1. The second-order valence-corrected chi connectivity index (χ2v) is 3.88. The zero-order valence-corrected chi connectivity index (χ0v) is 8.89. The molecule has 0 saturated carbocycles. The van der Waals surface area contributed by atoms with Crippen molar-refractivity contribution < 1.29 is 4.79 Å². The molecule has 0 aromatic carbocycles. The van der Waals surface area contributed by atoms with Gasteiger partial charge < -0.3 is 0 Å². The highest BCUT2D eigenvalue weighted by molar-refractivity contribution is 5.79. The molecule has 0 aliphatic carbocycles. The molecule has 1 saturated heterocycles. The molecule has 4 heteroatoms. The fourth-order valence-electron chi connectivity index (χ4n) is 1.87. The largest absolute Gasteiger partial charge is 0.300 e. The molecule has 0 amide bonds. The van der Waals surface area contributed by atoms with E-state index >= 15 is 0 Å². The molecular weight excluding hydrogens is 190 g/mol. The summed E-state index contributed by atoms with van der Waals surface area (Å²) in [6, 6.07) is 0.256. The molecule has 4 nitrogen and oxygen atoms in total. The van der Waals surface area contributed by atoms with Gasteiger partial charge in [-0.05, 0) is 6.92 Å². The van der Waals surface area contributed by atoms with Crippen molar-refractivity contribution in [3.8, 4) is 0 Å². The molecule has 1 atom stereocenters. The van der Waals surface area contributed by atoms with E-state index in [2.05, 4.69) is 21.8 Å². The van der Waals surface area contributed by atoms with Crippen molar-refractivity contribution in [2.45, 2.75) is 25.8 Å². The molecule has 1 aromatic rings. The van der Waals surface area contributed by atoms with Crippen molar-refractivity contribution in [1.82, 2.24) is 14.9 Å². The highest BCUT2D eigenvalue weighted by Gasteiger charge is 2.22. The van der Waals surface area contributed by atoms with Crippen LogP contribution in [-0.4, -0.2) is 33.7 Å². The topological polar surface area (TPSA) is 46.1 Å². The molecular formula is C11H15N3O. The predicted octanol–water partition coefficient (Wildman–Crippen LogP) is 1.20. The first-order valence-electron chi connectivity index (χ1n) is 5.29. The Morgan fingerprint density at radius 3 is 2.67 bits per heavy atom. The van der Waals surface area contributed by atoms with Gasteiger partial charge in [0.15, 0.2) is 0 Å². The van der Waals surface area contributed by atoms with Gasteiger partial charge in [-0.3, -0.25) is 19.7 Å². The van der Waals surface area contributed by atoms with Gasteiger partial charge in [0, 0.05) is 44.5 Å². The molecule has 0 bridgehead atoms.